The van der Waals surface area contributed by atoms with Gasteiger partial charge in [0.25, 0.3) is 0 Å². The zero-order chi connectivity index (χ0) is 13.7. The third kappa shape index (κ3) is 3.04. The quantitative estimate of drug-likeness (QED) is 0.844. The normalized spacial score (nSPS) is 15.8. The molecule has 0 spiro atoms. The number of aliphatic hydroxyl groups is 1. The maximum atomic E-state index is 11.5. The molecular formula is C14H17N3O2. The number of carbonyl (C=O) groups is 1. The minimum absolute atomic E-state index is 0.226. The molecule has 1 amide bonds. The van der Waals surface area contributed by atoms with Crippen LogP contribution in [-0.4, -0.2) is 48.7 Å². The number of hydrogen-bond acceptors (Lipinski definition) is 4. The van der Waals surface area contributed by atoms with Crippen LogP contribution in [0.15, 0.2) is 24.3 Å². The van der Waals surface area contributed by atoms with Crippen molar-refractivity contribution in [1.82, 2.24) is 4.90 Å². The van der Waals surface area contributed by atoms with Crippen LogP contribution >= 0.6 is 0 Å². The molecule has 0 aromatic heterocycles. The summed E-state index contributed by atoms with van der Waals surface area (Å²) in [5, 5.41) is 18.0. The summed E-state index contributed by atoms with van der Waals surface area (Å²) in [6, 6.07) is 9.69. The van der Waals surface area contributed by atoms with Gasteiger partial charge in [-0.2, -0.15) is 5.26 Å². The van der Waals surface area contributed by atoms with Crippen LogP contribution in [0.1, 0.15) is 12.0 Å². The number of rotatable bonds is 2. The van der Waals surface area contributed by atoms with E-state index in [0.29, 0.717) is 25.2 Å². The van der Waals surface area contributed by atoms with Crippen LogP contribution in [0.5, 0.6) is 0 Å². The second-order valence-electron chi connectivity index (χ2n) is 4.51. The largest absolute Gasteiger partial charge is 0.387 e. The van der Waals surface area contributed by atoms with E-state index in [1.165, 1.54) is 0 Å². The first-order valence-corrected chi connectivity index (χ1v) is 6.39. The lowest BCUT2D eigenvalue weighted by Gasteiger charge is -2.24. The highest BCUT2D eigenvalue weighted by molar-refractivity contribution is 5.77. The molecule has 5 nitrogen and oxygen atoms in total. The molecule has 1 saturated heterocycles. The maximum absolute atomic E-state index is 11.5. The number of aliphatic hydroxyl groups excluding tert-OH is 1. The average molecular weight is 259 g/mol. The van der Waals surface area contributed by atoms with Crippen LogP contribution in [0.2, 0.25) is 0 Å². The van der Waals surface area contributed by atoms with Crippen LogP contribution in [-0.2, 0) is 4.79 Å². The molecule has 2 rings (SSSR count). The smallest absolute Gasteiger partial charge is 0.248 e. The van der Waals surface area contributed by atoms with E-state index >= 15 is 0 Å². The van der Waals surface area contributed by atoms with Crippen molar-refractivity contribution in [1.29, 1.82) is 5.26 Å². The van der Waals surface area contributed by atoms with Crippen molar-refractivity contribution in [2.45, 2.75) is 6.42 Å². The van der Waals surface area contributed by atoms with E-state index in [4.69, 9.17) is 10.4 Å². The molecule has 1 aromatic rings. The molecule has 0 radical (unpaired) electrons. The van der Waals surface area contributed by atoms with Gasteiger partial charge >= 0.3 is 0 Å². The number of nitrogens with zero attached hydrogens (tertiary/aromatic N) is 3. The van der Waals surface area contributed by atoms with Crippen LogP contribution in [0.25, 0.3) is 0 Å². The van der Waals surface area contributed by atoms with E-state index < -0.39 is 6.61 Å². The molecular weight excluding hydrogens is 242 g/mol. The Morgan fingerprint density at radius 2 is 2.05 bits per heavy atom. The third-order valence-corrected chi connectivity index (χ3v) is 3.35. The van der Waals surface area contributed by atoms with Gasteiger partial charge < -0.3 is 14.9 Å². The molecule has 0 aliphatic carbocycles. The fourth-order valence-electron chi connectivity index (χ4n) is 2.35. The van der Waals surface area contributed by atoms with Gasteiger partial charge in [-0.3, -0.25) is 4.79 Å². The van der Waals surface area contributed by atoms with E-state index in [1.807, 2.05) is 18.2 Å². The maximum Gasteiger partial charge on any atom is 0.248 e. The Balaban J connectivity index is 2.11. The summed E-state index contributed by atoms with van der Waals surface area (Å²) in [6.45, 7) is 2.30. The van der Waals surface area contributed by atoms with E-state index in [9.17, 15) is 4.79 Å². The number of nitriles is 1. The van der Waals surface area contributed by atoms with E-state index in [1.54, 1.807) is 11.0 Å². The Morgan fingerprint density at radius 3 is 2.79 bits per heavy atom. The Kier molecular flexibility index (Phi) is 4.37. The molecule has 1 aliphatic rings. The average Bonchev–Trinajstić information content (AvgIpc) is 2.72. The van der Waals surface area contributed by atoms with Gasteiger partial charge in [-0.25, -0.2) is 0 Å². The molecule has 5 heteroatoms. The summed E-state index contributed by atoms with van der Waals surface area (Å²) in [7, 11) is 0. The van der Waals surface area contributed by atoms with Gasteiger partial charge in [0.2, 0.25) is 5.91 Å². The van der Waals surface area contributed by atoms with Gasteiger partial charge in [-0.15, -0.1) is 0 Å². The number of para-hydroxylation sites is 1. The molecule has 1 N–H and O–H groups in total. The molecule has 0 bridgehead atoms. The monoisotopic (exact) mass is 259 g/mol. The Labute approximate surface area is 112 Å². The molecule has 1 aromatic carbocycles. The van der Waals surface area contributed by atoms with E-state index in [-0.39, 0.29) is 5.91 Å². The molecule has 1 fully saturated rings. The fourth-order valence-corrected chi connectivity index (χ4v) is 2.35. The second kappa shape index (κ2) is 6.21. The van der Waals surface area contributed by atoms with Gasteiger partial charge in [-0.1, -0.05) is 12.1 Å². The first kappa shape index (κ1) is 13.4. The fraction of sp³-hybridized carbons (Fsp3) is 0.429. The van der Waals surface area contributed by atoms with E-state index in [2.05, 4.69) is 11.0 Å². The third-order valence-electron chi connectivity index (χ3n) is 3.35. The highest BCUT2D eigenvalue weighted by Gasteiger charge is 2.19. The zero-order valence-corrected chi connectivity index (χ0v) is 10.7. The van der Waals surface area contributed by atoms with Crippen molar-refractivity contribution in [3.63, 3.8) is 0 Å². The summed E-state index contributed by atoms with van der Waals surface area (Å²) < 4.78 is 0. The Bertz CT molecular complexity index is 496. The van der Waals surface area contributed by atoms with Crippen molar-refractivity contribution < 1.29 is 9.90 Å². The van der Waals surface area contributed by atoms with Crippen molar-refractivity contribution in [2.75, 3.05) is 37.7 Å². The van der Waals surface area contributed by atoms with Gasteiger partial charge in [0.15, 0.2) is 0 Å². The first-order chi connectivity index (χ1) is 9.26. The minimum atomic E-state index is -0.436. The molecule has 0 unspecified atom stereocenters. The predicted molar refractivity (Wildman–Crippen MR) is 71.7 cm³/mol. The van der Waals surface area contributed by atoms with Gasteiger partial charge in [0.05, 0.1) is 11.3 Å². The molecule has 0 atom stereocenters. The Hall–Kier alpha value is -2.06. The second-order valence-corrected chi connectivity index (χ2v) is 4.51. The number of anilines is 1. The van der Waals surface area contributed by atoms with Crippen LogP contribution in [0.4, 0.5) is 5.69 Å². The summed E-state index contributed by atoms with van der Waals surface area (Å²) in [5.74, 6) is -0.226. The van der Waals surface area contributed by atoms with Crippen LogP contribution in [0, 0.1) is 11.3 Å². The highest BCUT2D eigenvalue weighted by Crippen LogP contribution is 2.21. The summed E-state index contributed by atoms with van der Waals surface area (Å²) in [6.07, 6.45) is 0.839. The lowest BCUT2D eigenvalue weighted by Crippen LogP contribution is -2.36. The van der Waals surface area contributed by atoms with Crippen LogP contribution < -0.4 is 4.90 Å². The number of hydrogen-bond donors (Lipinski definition) is 1. The first-order valence-electron chi connectivity index (χ1n) is 6.39. The molecule has 1 aliphatic heterocycles. The van der Waals surface area contributed by atoms with Crippen molar-refractivity contribution in [2.24, 2.45) is 0 Å². The zero-order valence-electron chi connectivity index (χ0n) is 10.7. The number of amides is 1. The van der Waals surface area contributed by atoms with Crippen LogP contribution in [0.3, 0.4) is 0 Å². The summed E-state index contributed by atoms with van der Waals surface area (Å²) in [4.78, 5) is 15.3. The molecule has 1 heterocycles. The molecule has 19 heavy (non-hydrogen) atoms. The van der Waals surface area contributed by atoms with Crippen molar-refractivity contribution in [3.05, 3.63) is 29.8 Å². The van der Waals surface area contributed by atoms with Gasteiger partial charge in [0, 0.05) is 26.2 Å². The molecule has 0 saturated carbocycles. The lowest BCUT2D eigenvalue weighted by molar-refractivity contribution is -0.133. The van der Waals surface area contributed by atoms with Crippen molar-refractivity contribution in [3.8, 4) is 6.07 Å². The van der Waals surface area contributed by atoms with Gasteiger partial charge in [0.1, 0.15) is 12.7 Å². The standard InChI is InChI=1S/C14H17N3O2/c15-10-12-4-1-2-5-13(12)16-6-3-7-17(9-8-16)14(19)11-18/h1-2,4-5,18H,3,6-9,11H2. The topological polar surface area (TPSA) is 67.6 Å². The SMILES string of the molecule is N#Cc1ccccc1N1CCCN(C(=O)CO)CC1. The number of benzene rings is 1. The number of carbonyl (C=O) groups excluding carboxylic acids is 1. The van der Waals surface area contributed by atoms with E-state index in [0.717, 1.165) is 18.7 Å². The predicted octanol–water partition coefficient (Wildman–Crippen LogP) is 0.589. The Morgan fingerprint density at radius 1 is 1.26 bits per heavy atom. The summed E-state index contributed by atoms with van der Waals surface area (Å²) >= 11 is 0. The minimum Gasteiger partial charge on any atom is -0.387 e. The molecule has 100 valence electrons. The summed E-state index contributed by atoms with van der Waals surface area (Å²) in [5.41, 5.74) is 1.58. The van der Waals surface area contributed by atoms with Crippen molar-refractivity contribution >= 4 is 11.6 Å². The highest BCUT2D eigenvalue weighted by atomic mass is 16.3. The van der Waals surface area contributed by atoms with Gasteiger partial charge in [-0.05, 0) is 18.6 Å². The lowest BCUT2D eigenvalue weighted by atomic mass is 10.1.